The number of nitriles is 1. The number of aliphatic carboxylic acids is 1. The van der Waals surface area contributed by atoms with E-state index in [2.05, 4.69) is 21.1 Å². The smallest absolute Gasteiger partial charge is 0.475 e. The second-order valence-corrected chi connectivity index (χ2v) is 10.6. The van der Waals surface area contributed by atoms with Gasteiger partial charge >= 0.3 is 12.1 Å². The number of rotatable bonds is 6. The van der Waals surface area contributed by atoms with Crippen LogP contribution in [0.25, 0.3) is 4.85 Å². The molecule has 0 saturated carbocycles. The zero-order valence-electron chi connectivity index (χ0n) is 21.8. The molecular formula is C27H29F3N6O3S. The summed E-state index contributed by atoms with van der Waals surface area (Å²) >= 11 is 1.20. The van der Waals surface area contributed by atoms with Gasteiger partial charge in [-0.3, -0.25) is 4.79 Å². The van der Waals surface area contributed by atoms with Gasteiger partial charge < -0.3 is 21.1 Å². The van der Waals surface area contributed by atoms with Crippen LogP contribution in [0.15, 0.2) is 35.4 Å². The number of hydrogen-bond donors (Lipinski definition) is 3. The number of alkyl halides is 3. The number of nitrogens with zero attached hydrogens (tertiary/aromatic N) is 4. The summed E-state index contributed by atoms with van der Waals surface area (Å²) < 4.78 is 31.7. The highest BCUT2D eigenvalue weighted by Crippen LogP contribution is 2.45. The van der Waals surface area contributed by atoms with Crippen LogP contribution in [0.2, 0.25) is 0 Å². The van der Waals surface area contributed by atoms with Crippen molar-refractivity contribution < 1.29 is 27.9 Å². The third-order valence-electron chi connectivity index (χ3n) is 7.09. The highest BCUT2D eigenvalue weighted by molar-refractivity contribution is 8.00. The first-order chi connectivity index (χ1) is 19.0. The maximum absolute atomic E-state index is 12.3. The van der Waals surface area contributed by atoms with Crippen LogP contribution >= 0.6 is 11.8 Å². The minimum Gasteiger partial charge on any atom is -0.475 e. The molecule has 2 saturated heterocycles. The summed E-state index contributed by atoms with van der Waals surface area (Å²) in [6.45, 7) is 13.6. The zero-order chi connectivity index (χ0) is 29.5. The van der Waals surface area contributed by atoms with Crippen LogP contribution in [-0.4, -0.2) is 54.3 Å². The molecule has 1 unspecified atom stereocenters. The van der Waals surface area contributed by atoms with Crippen molar-refractivity contribution in [1.29, 1.82) is 5.26 Å². The fraction of sp³-hybridized carbons (Fsp3) is 0.444. The van der Waals surface area contributed by atoms with Crippen molar-refractivity contribution in [3.05, 3.63) is 58.4 Å². The van der Waals surface area contributed by atoms with E-state index in [0.29, 0.717) is 39.5 Å². The lowest BCUT2D eigenvalue weighted by molar-refractivity contribution is -0.192. The number of piperidine rings is 1. The Balaban J connectivity index is 0.000000559. The average molecular weight is 575 g/mol. The van der Waals surface area contributed by atoms with Gasteiger partial charge in [-0.2, -0.15) is 18.4 Å². The van der Waals surface area contributed by atoms with Crippen LogP contribution in [0.5, 0.6) is 0 Å². The van der Waals surface area contributed by atoms with Crippen LogP contribution in [0.3, 0.4) is 0 Å². The third-order valence-corrected chi connectivity index (χ3v) is 8.35. The number of aromatic nitrogens is 1. The Labute approximate surface area is 234 Å². The zero-order valence-corrected chi connectivity index (χ0v) is 22.6. The molecule has 9 nitrogen and oxygen atoms in total. The molecule has 4 rings (SSSR count). The van der Waals surface area contributed by atoms with E-state index in [1.807, 2.05) is 37.3 Å². The minimum atomic E-state index is -5.08. The largest absolute Gasteiger partial charge is 0.490 e. The van der Waals surface area contributed by atoms with E-state index in [1.165, 1.54) is 18.2 Å². The number of primary amides is 1. The summed E-state index contributed by atoms with van der Waals surface area (Å²) in [5, 5.41) is 20.4. The molecule has 1 aromatic carbocycles. The molecule has 3 heterocycles. The van der Waals surface area contributed by atoms with Gasteiger partial charge in [0.1, 0.15) is 22.2 Å². The molecule has 4 N–H and O–H groups in total. The molecule has 0 radical (unpaired) electrons. The van der Waals surface area contributed by atoms with Crippen molar-refractivity contribution in [3.8, 4) is 6.07 Å². The molecule has 0 bridgehead atoms. The van der Waals surface area contributed by atoms with Gasteiger partial charge in [0.15, 0.2) is 0 Å². The van der Waals surface area contributed by atoms with E-state index in [1.54, 1.807) is 0 Å². The monoisotopic (exact) mass is 574 g/mol. The molecule has 1 spiro atoms. The number of carbonyl (C=O) groups is 2. The van der Waals surface area contributed by atoms with E-state index < -0.39 is 23.3 Å². The molecule has 2 fully saturated rings. The number of carboxylic acids is 1. The standard InChI is InChI=1S/C25H28N6OS.C2HF3O2/c1-3-18-19(15-26)24(33-21(22(27)32)17-7-5-4-6-8-17)30-23(20(18)28-2)31-13-10-25(11-14-31)9-12-29-16-25;3-2(4,5)1(6)7/h4-8,21,29H,3,9-14,16H2,1H3,(H2,27,32);(H,6,7). The molecule has 2 aromatic rings. The Morgan fingerprint density at radius 1 is 1.30 bits per heavy atom. The minimum absolute atomic E-state index is 0.344. The number of hydrogen-bond acceptors (Lipinski definition) is 7. The highest BCUT2D eigenvalue weighted by Gasteiger charge is 2.39. The Bertz CT molecular complexity index is 1310. The Morgan fingerprint density at radius 2 is 1.93 bits per heavy atom. The predicted octanol–water partition coefficient (Wildman–Crippen LogP) is 4.60. The highest BCUT2D eigenvalue weighted by atomic mass is 32.2. The van der Waals surface area contributed by atoms with Gasteiger partial charge in [-0.25, -0.2) is 14.6 Å². The van der Waals surface area contributed by atoms with Gasteiger partial charge in [-0.05, 0) is 48.8 Å². The van der Waals surface area contributed by atoms with E-state index in [4.69, 9.17) is 27.2 Å². The normalized spacial score (nSPS) is 16.8. The van der Waals surface area contributed by atoms with Crippen molar-refractivity contribution >= 4 is 35.1 Å². The van der Waals surface area contributed by atoms with E-state index in [9.17, 15) is 23.2 Å². The molecule has 1 amide bonds. The summed E-state index contributed by atoms with van der Waals surface area (Å²) in [5.41, 5.74) is 8.37. The Morgan fingerprint density at radius 3 is 2.38 bits per heavy atom. The first kappa shape index (κ1) is 30.7. The number of carbonyl (C=O) groups excluding carboxylic acids is 1. The van der Waals surface area contributed by atoms with Crippen molar-refractivity contribution in [2.24, 2.45) is 11.1 Å². The predicted molar refractivity (Wildman–Crippen MR) is 144 cm³/mol. The molecular weight excluding hydrogens is 545 g/mol. The summed E-state index contributed by atoms with van der Waals surface area (Å²) in [7, 11) is 0. The van der Waals surface area contributed by atoms with Crippen molar-refractivity contribution in [1.82, 2.24) is 10.3 Å². The average Bonchev–Trinajstić information content (AvgIpc) is 3.39. The van der Waals surface area contributed by atoms with Crippen molar-refractivity contribution in [2.75, 3.05) is 31.1 Å². The fourth-order valence-electron chi connectivity index (χ4n) is 4.92. The van der Waals surface area contributed by atoms with E-state index in [-0.39, 0.29) is 0 Å². The van der Waals surface area contributed by atoms with Gasteiger partial charge in [0.05, 0.1) is 12.1 Å². The van der Waals surface area contributed by atoms with Gasteiger partial charge in [0, 0.05) is 19.6 Å². The lowest BCUT2D eigenvalue weighted by atomic mass is 9.78. The molecule has 1 atom stereocenters. The summed E-state index contributed by atoms with van der Waals surface area (Å²) in [6, 6.07) is 11.5. The van der Waals surface area contributed by atoms with Gasteiger partial charge in [-0.1, -0.05) is 49.0 Å². The summed E-state index contributed by atoms with van der Waals surface area (Å²) in [4.78, 5) is 32.1. The van der Waals surface area contributed by atoms with Crippen LogP contribution in [-0.2, 0) is 16.0 Å². The van der Waals surface area contributed by atoms with Crippen LogP contribution in [0.1, 0.15) is 48.1 Å². The maximum Gasteiger partial charge on any atom is 0.490 e. The SMILES string of the molecule is O=C(O)C(F)(F)F.[C-]#[N+]c1c(N2CCC3(CCNC3)CC2)nc(SC(C(N)=O)c2ccccc2)c(C#N)c1CC. The number of benzene rings is 1. The number of anilines is 1. The molecule has 40 heavy (non-hydrogen) atoms. The number of amides is 1. The Hall–Kier alpha value is -3.81. The van der Waals surface area contributed by atoms with Gasteiger partial charge in [0.2, 0.25) is 11.6 Å². The van der Waals surface area contributed by atoms with Crippen LogP contribution in [0.4, 0.5) is 24.7 Å². The number of nitrogens with two attached hydrogens (primary N) is 1. The summed E-state index contributed by atoms with van der Waals surface area (Å²) in [5.74, 6) is -2.62. The lowest BCUT2D eigenvalue weighted by Gasteiger charge is -2.40. The van der Waals surface area contributed by atoms with Crippen molar-refractivity contribution in [3.63, 3.8) is 0 Å². The number of carboxylic acid groups (broad SMARTS) is 1. The molecule has 13 heteroatoms. The summed E-state index contributed by atoms with van der Waals surface area (Å²) in [6.07, 6.45) is -1.25. The second kappa shape index (κ2) is 13.0. The second-order valence-electron chi connectivity index (χ2n) is 9.55. The van der Waals surface area contributed by atoms with Gasteiger partial charge in [-0.15, -0.1) is 0 Å². The maximum atomic E-state index is 12.3. The molecule has 0 aliphatic carbocycles. The van der Waals surface area contributed by atoms with Crippen LogP contribution in [0, 0.1) is 23.3 Å². The lowest BCUT2D eigenvalue weighted by Crippen LogP contribution is -2.41. The Kier molecular flexibility index (Phi) is 10.0. The molecule has 212 valence electrons. The third kappa shape index (κ3) is 7.03. The number of halogens is 3. The van der Waals surface area contributed by atoms with Crippen molar-refractivity contribution in [2.45, 2.75) is 49.1 Å². The first-order valence-corrected chi connectivity index (χ1v) is 13.5. The van der Waals surface area contributed by atoms with Gasteiger partial charge in [0.25, 0.3) is 0 Å². The quantitative estimate of drug-likeness (QED) is 0.336. The molecule has 2 aliphatic heterocycles. The topological polar surface area (TPSA) is 137 Å². The molecule has 2 aliphatic rings. The fourth-order valence-corrected chi connectivity index (χ4v) is 5.97. The number of nitrogens with one attached hydrogen (secondary N) is 1. The first-order valence-electron chi connectivity index (χ1n) is 12.6. The molecule has 1 aromatic heterocycles. The van der Waals surface area contributed by atoms with E-state index in [0.717, 1.165) is 44.6 Å². The number of thioether (sulfide) groups is 1. The van der Waals surface area contributed by atoms with Crippen LogP contribution < -0.4 is 16.0 Å². The van der Waals surface area contributed by atoms with E-state index >= 15 is 0 Å². The number of pyridine rings is 1.